The van der Waals surface area contributed by atoms with Gasteiger partial charge in [0, 0.05) is 6.42 Å². The molecule has 2 aromatic rings. The molecule has 2 aromatic carbocycles. The molecule has 1 aliphatic carbocycles. The van der Waals surface area contributed by atoms with Gasteiger partial charge in [0.25, 0.3) is 0 Å². The highest BCUT2D eigenvalue weighted by Gasteiger charge is 2.54. The van der Waals surface area contributed by atoms with Gasteiger partial charge < -0.3 is 0 Å². The van der Waals surface area contributed by atoms with E-state index < -0.39 is 17.8 Å². The van der Waals surface area contributed by atoms with Crippen LogP contribution in [0.15, 0.2) is 60.2 Å². The number of benzene rings is 2. The lowest BCUT2D eigenvalue weighted by Gasteiger charge is -2.30. The van der Waals surface area contributed by atoms with Crippen molar-refractivity contribution in [3.63, 3.8) is 0 Å². The first-order valence-corrected chi connectivity index (χ1v) is 11.3. The summed E-state index contributed by atoms with van der Waals surface area (Å²) in [5.41, 5.74) is 3.76. The topological polar surface area (TPSA) is 74.8 Å². The molecule has 0 saturated carbocycles. The fourth-order valence-corrected chi connectivity index (χ4v) is 5.67. The molecule has 2 heterocycles. The van der Waals surface area contributed by atoms with Gasteiger partial charge in [-0.05, 0) is 56.4 Å². The second-order valence-electron chi connectivity index (χ2n) is 9.36. The molecule has 33 heavy (non-hydrogen) atoms. The average Bonchev–Trinajstić information content (AvgIpc) is 3.22. The Balaban J connectivity index is 1.44. The van der Waals surface area contributed by atoms with Crippen LogP contribution in [-0.2, 0) is 19.2 Å². The van der Waals surface area contributed by atoms with Crippen molar-refractivity contribution in [2.24, 2.45) is 23.7 Å². The lowest BCUT2D eigenvalue weighted by atomic mass is 9.71. The zero-order chi connectivity index (χ0) is 23.4. The number of carbonyl (C=O) groups is 4. The van der Waals surface area contributed by atoms with Crippen LogP contribution in [0.3, 0.4) is 0 Å². The molecule has 0 bridgehead atoms. The van der Waals surface area contributed by atoms with Crippen molar-refractivity contribution < 1.29 is 19.2 Å². The van der Waals surface area contributed by atoms with Crippen LogP contribution in [0.4, 0.5) is 11.4 Å². The van der Waals surface area contributed by atoms with Gasteiger partial charge in [0.15, 0.2) is 0 Å². The molecule has 4 amide bonds. The summed E-state index contributed by atoms with van der Waals surface area (Å²) in [6.07, 6.45) is 2.45. The largest absolute Gasteiger partial charge is 0.274 e. The third-order valence-electron chi connectivity index (χ3n) is 7.33. The Labute approximate surface area is 192 Å². The molecule has 2 fully saturated rings. The Morgan fingerprint density at radius 1 is 0.697 bits per heavy atom. The summed E-state index contributed by atoms with van der Waals surface area (Å²) in [6.45, 7) is 5.62. The van der Waals surface area contributed by atoms with E-state index in [1.54, 1.807) is 12.1 Å². The van der Waals surface area contributed by atoms with E-state index in [1.807, 2.05) is 63.2 Å². The SMILES string of the molecule is CC1=C[C@H]([C@@H]2CC(=O)N(c3ccccc3C)C2=O)C[C@@H]2C(=O)N(c3ccccc3C)C(=O)[C@@H]12. The smallest absolute Gasteiger partial charge is 0.241 e. The van der Waals surface area contributed by atoms with Crippen molar-refractivity contribution >= 4 is 35.0 Å². The minimum Gasteiger partial charge on any atom is -0.274 e. The van der Waals surface area contributed by atoms with Gasteiger partial charge in [-0.25, -0.2) is 4.90 Å². The minimum absolute atomic E-state index is 0.114. The Morgan fingerprint density at radius 2 is 1.24 bits per heavy atom. The van der Waals surface area contributed by atoms with Crippen molar-refractivity contribution in [3.05, 3.63) is 71.3 Å². The van der Waals surface area contributed by atoms with E-state index in [0.29, 0.717) is 17.8 Å². The number of nitrogens with zero attached hydrogens (tertiary/aromatic N) is 2. The van der Waals surface area contributed by atoms with Gasteiger partial charge in [-0.15, -0.1) is 0 Å². The summed E-state index contributed by atoms with van der Waals surface area (Å²) < 4.78 is 0. The first kappa shape index (κ1) is 21.3. The minimum atomic E-state index is -0.525. The molecule has 0 unspecified atom stereocenters. The zero-order valence-corrected chi connectivity index (χ0v) is 18.9. The molecule has 3 aliphatic rings. The van der Waals surface area contributed by atoms with Crippen molar-refractivity contribution in [1.29, 1.82) is 0 Å². The highest BCUT2D eigenvalue weighted by molar-refractivity contribution is 6.24. The molecular weight excluding hydrogens is 416 g/mol. The number of rotatable bonds is 3. The van der Waals surface area contributed by atoms with Crippen LogP contribution in [0.5, 0.6) is 0 Å². The molecular formula is C27H26N2O4. The van der Waals surface area contributed by atoms with Gasteiger partial charge in [-0.3, -0.25) is 24.1 Å². The molecule has 4 atom stereocenters. The number of amides is 4. The number of anilines is 2. The quantitative estimate of drug-likeness (QED) is 0.533. The van der Waals surface area contributed by atoms with Crippen LogP contribution in [0.25, 0.3) is 0 Å². The molecule has 0 N–H and O–H groups in total. The van der Waals surface area contributed by atoms with Crippen LogP contribution < -0.4 is 9.80 Å². The van der Waals surface area contributed by atoms with E-state index in [9.17, 15) is 19.2 Å². The van der Waals surface area contributed by atoms with E-state index in [-0.39, 0.29) is 36.0 Å². The molecule has 5 rings (SSSR count). The van der Waals surface area contributed by atoms with Gasteiger partial charge in [0.1, 0.15) is 0 Å². The van der Waals surface area contributed by atoms with Crippen molar-refractivity contribution in [1.82, 2.24) is 0 Å². The van der Waals surface area contributed by atoms with Crippen molar-refractivity contribution in [2.45, 2.75) is 33.6 Å². The molecule has 6 heteroatoms. The lowest BCUT2D eigenvalue weighted by molar-refractivity contribution is -0.125. The normalized spacial score (nSPS) is 27.3. The predicted octanol–water partition coefficient (Wildman–Crippen LogP) is 3.95. The maximum Gasteiger partial charge on any atom is 0.241 e. The highest BCUT2D eigenvalue weighted by Crippen LogP contribution is 2.46. The number of fused-ring (bicyclic) bond motifs is 1. The van der Waals surface area contributed by atoms with Crippen LogP contribution in [-0.4, -0.2) is 23.6 Å². The number of hydrogen-bond acceptors (Lipinski definition) is 4. The van der Waals surface area contributed by atoms with Gasteiger partial charge in [0.2, 0.25) is 23.6 Å². The van der Waals surface area contributed by atoms with Crippen LogP contribution in [0, 0.1) is 37.5 Å². The van der Waals surface area contributed by atoms with Crippen molar-refractivity contribution in [2.75, 3.05) is 9.80 Å². The molecule has 0 radical (unpaired) electrons. The van der Waals surface area contributed by atoms with Gasteiger partial charge in [-0.2, -0.15) is 0 Å². The van der Waals surface area contributed by atoms with Gasteiger partial charge >= 0.3 is 0 Å². The number of imide groups is 2. The summed E-state index contributed by atoms with van der Waals surface area (Å²) >= 11 is 0. The number of aryl methyl sites for hydroxylation is 2. The fraction of sp³-hybridized carbons (Fsp3) is 0.333. The number of carbonyl (C=O) groups excluding carboxylic acids is 4. The van der Waals surface area contributed by atoms with Gasteiger partial charge in [0.05, 0.1) is 29.1 Å². The second kappa shape index (κ2) is 7.80. The number of para-hydroxylation sites is 2. The molecule has 2 saturated heterocycles. The van der Waals surface area contributed by atoms with E-state index in [1.165, 1.54) is 9.80 Å². The summed E-state index contributed by atoms with van der Waals surface area (Å²) in [6, 6.07) is 14.7. The third kappa shape index (κ3) is 3.24. The van der Waals surface area contributed by atoms with Crippen LogP contribution in [0.2, 0.25) is 0 Å². The average molecular weight is 443 g/mol. The highest BCUT2D eigenvalue weighted by atomic mass is 16.2. The van der Waals surface area contributed by atoms with Crippen molar-refractivity contribution in [3.8, 4) is 0 Å². The second-order valence-corrected chi connectivity index (χ2v) is 9.36. The van der Waals surface area contributed by atoms with Gasteiger partial charge in [-0.1, -0.05) is 48.0 Å². The van der Waals surface area contributed by atoms with E-state index >= 15 is 0 Å². The lowest BCUT2D eigenvalue weighted by Crippen LogP contribution is -2.35. The maximum atomic E-state index is 13.4. The molecule has 0 aromatic heterocycles. The summed E-state index contributed by atoms with van der Waals surface area (Å²) in [7, 11) is 0. The molecule has 0 spiro atoms. The Bertz CT molecular complexity index is 1230. The number of hydrogen-bond donors (Lipinski definition) is 0. The molecule has 168 valence electrons. The first-order chi connectivity index (χ1) is 15.8. The summed E-state index contributed by atoms with van der Waals surface area (Å²) in [5.74, 6) is -2.67. The van der Waals surface area contributed by atoms with Crippen LogP contribution in [0.1, 0.15) is 30.9 Å². The number of allylic oxidation sites excluding steroid dienone is 1. The Hall–Kier alpha value is -3.54. The standard InChI is InChI=1S/C27H26N2O4/c1-15-8-4-6-10-21(15)28-23(30)14-19(25(28)31)18-12-17(3)24-20(13-18)26(32)29(27(24)33)22-11-7-5-9-16(22)2/h4-12,18-20,24H,13-14H2,1-3H3/t18-,19-,20-,24-/m0/s1. The summed E-state index contributed by atoms with van der Waals surface area (Å²) in [5, 5.41) is 0. The fourth-order valence-electron chi connectivity index (χ4n) is 5.67. The van der Waals surface area contributed by atoms with E-state index in [4.69, 9.17) is 0 Å². The third-order valence-corrected chi connectivity index (χ3v) is 7.33. The first-order valence-electron chi connectivity index (χ1n) is 11.3. The van der Waals surface area contributed by atoms with E-state index in [0.717, 1.165) is 16.7 Å². The van der Waals surface area contributed by atoms with Crippen LogP contribution >= 0.6 is 0 Å². The predicted molar refractivity (Wildman–Crippen MR) is 124 cm³/mol. The Morgan fingerprint density at radius 3 is 1.85 bits per heavy atom. The zero-order valence-electron chi connectivity index (χ0n) is 18.9. The van der Waals surface area contributed by atoms with E-state index in [2.05, 4.69) is 0 Å². The summed E-state index contributed by atoms with van der Waals surface area (Å²) in [4.78, 5) is 55.5. The monoisotopic (exact) mass is 442 g/mol. The molecule has 2 aliphatic heterocycles. The maximum absolute atomic E-state index is 13.4. The Kier molecular flexibility index (Phi) is 5.04. The molecule has 6 nitrogen and oxygen atoms in total.